The topological polar surface area (TPSA) is 67.6 Å². The second-order valence-corrected chi connectivity index (χ2v) is 7.72. The van der Waals surface area contributed by atoms with Crippen LogP contribution in [0.3, 0.4) is 0 Å². The predicted molar refractivity (Wildman–Crippen MR) is 116 cm³/mol. The maximum Gasteiger partial charge on any atom is 0.287 e. The normalized spacial score (nSPS) is 13.5. The zero-order chi connectivity index (χ0) is 20.9. The average molecular weight is 405 g/mol. The summed E-state index contributed by atoms with van der Waals surface area (Å²) < 4.78 is 11.5. The van der Waals surface area contributed by atoms with Gasteiger partial charge in [0.2, 0.25) is 0 Å². The van der Waals surface area contributed by atoms with Crippen LogP contribution in [0.4, 0.5) is 5.82 Å². The summed E-state index contributed by atoms with van der Waals surface area (Å²) in [5, 5.41) is 2.92. The molecule has 0 radical (unpaired) electrons. The summed E-state index contributed by atoms with van der Waals surface area (Å²) in [6, 6.07) is 13.4. The molecule has 1 aliphatic heterocycles. The van der Waals surface area contributed by atoms with E-state index in [2.05, 4.69) is 21.3 Å². The molecule has 1 amide bonds. The number of amides is 1. The molecule has 30 heavy (non-hydrogen) atoms. The van der Waals surface area contributed by atoms with Crippen LogP contribution in [0.5, 0.6) is 5.75 Å². The molecular formula is C24H27N3O3. The summed E-state index contributed by atoms with van der Waals surface area (Å²) in [5.41, 5.74) is 3.29. The molecule has 0 spiro atoms. The van der Waals surface area contributed by atoms with E-state index in [0.717, 1.165) is 35.8 Å². The van der Waals surface area contributed by atoms with Gasteiger partial charge in [0.1, 0.15) is 23.9 Å². The first-order chi connectivity index (χ1) is 14.6. The van der Waals surface area contributed by atoms with E-state index < -0.39 is 0 Å². The number of nitrogens with zero attached hydrogens (tertiary/aromatic N) is 2. The lowest BCUT2D eigenvalue weighted by Crippen LogP contribution is -2.23. The highest BCUT2D eigenvalue weighted by atomic mass is 16.5. The van der Waals surface area contributed by atoms with Crippen molar-refractivity contribution < 1.29 is 13.9 Å². The zero-order valence-corrected chi connectivity index (χ0v) is 17.5. The van der Waals surface area contributed by atoms with Crippen molar-refractivity contribution in [3.8, 4) is 5.75 Å². The van der Waals surface area contributed by atoms with Crippen LogP contribution in [0.1, 0.15) is 45.8 Å². The number of aromatic nitrogens is 1. The van der Waals surface area contributed by atoms with Crippen LogP contribution >= 0.6 is 0 Å². The third-order valence-electron chi connectivity index (χ3n) is 5.28. The Kier molecular flexibility index (Phi) is 6.02. The minimum Gasteiger partial charge on any atom is -0.485 e. The van der Waals surface area contributed by atoms with E-state index in [-0.39, 0.29) is 18.3 Å². The second kappa shape index (κ2) is 9.03. The predicted octanol–water partition coefficient (Wildman–Crippen LogP) is 4.40. The van der Waals surface area contributed by atoms with Crippen molar-refractivity contribution in [1.82, 2.24) is 10.3 Å². The number of hydrogen-bond acceptors (Lipinski definition) is 5. The first-order valence-corrected chi connectivity index (χ1v) is 10.4. The largest absolute Gasteiger partial charge is 0.485 e. The summed E-state index contributed by atoms with van der Waals surface area (Å²) in [6.45, 7) is 6.85. The van der Waals surface area contributed by atoms with Crippen molar-refractivity contribution in [2.24, 2.45) is 0 Å². The SMILES string of the molecule is Cc1ccc(OCc2ccc(C(=O)NCc3ccnc(N4CCCC4)c3)o2)c(C)c1. The van der Waals surface area contributed by atoms with Gasteiger partial charge in [-0.3, -0.25) is 4.79 Å². The van der Waals surface area contributed by atoms with Gasteiger partial charge in [-0.1, -0.05) is 17.7 Å². The molecule has 0 unspecified atom stereocenters. The Hall–Kier alpha value is -3.28. The Balaban J connectivity index is 1.31. The first kappa shape index (κ1) is 20.0. The Morgan fingerprint density at radius 3 is 2.77 bits per heavy atom. The monoisotopic (exact) mass is 405 g/mol. The molecule has 6 heteroatoms. The first-order valence-electron chi connectivity index (χ1n) is 10.4. The third kappa shape index (κ3) is 4.82. The van der Waals surface area contributed by atoms with Crippen LogP contribution in [0.25, 0.3) is 0 Å². The molecule has 2 aromatic heterocycles. The molecule has 0 atom stereocenters. The Morgan fingerprint density at radius 1 is 1.13 bits per heavy atom. The van der Waals surface area contributed by atoms with Crippen LogP contribution in [0.2, 0.25) is 0 Å². The summed E-state index contributed by atoms with van der Waals surface area (Å²) in [7, 11) is 0. The number of hydrogen-bond donors (Lipinski definition) is 1. The Labute approximate surface area is 176 Å². The fourth-order valence-electron chi connectivity index (χ4n) is 3.65. The fourth-order valence-corrected chi connectivity index (χ4v) is 3.65. The molecule has 1 aliphatic rings. The maximum absolute atomic E-state index is 12.5. The number of ether oxygens (including phenoxy) is 1. The van der Waals surface area contributed by atoms with Gasteiger partial charge in [0.05, 0.1) is 0 Å². The molecule has 0 aliphatic carbocycles. The molecule has 1 fully saturated rings. The van der Waals surface area contributed by atoms with Crippen molar-refractivity contribution in [1.29, 1.82) is 0 Å². The van der Waals surface area contributed by atoms with E-state index >= 15 is 0 Å². The Bertz CT molecular complexity index is 1020. The number of furan rings is 1. The molecule has 3 heterocycles. The molecule has 0 bridgehead atoms. The van der Waals surface area contributed by atoms with E-state index in [1.54, 1.807) is 18.3 Å². The summed E-state index contributed by atoms with van der Waals surface area (Å²) >= 11 is 0. The number of nitrogens with one attached hydrogen (secondary N) is 1. The van der Waals surface area contributed by atoms with E-state index in [4.69, 9.17) is 9.15 Å². The van der Waals surface area contributed by atoms with E-state index in [9.17, 15) is 4.79 Å². The number of carbonyl (C=O) groups excluding carboxylic acids is 1. The van der Waals surface area contributed by atoms with Crippen molar-refractivity contribution in [2.75, 3.05) is 18.0 Å². The van der Waals surface area contributed by atoms with Gasteiger partial charge in [0, 0.05) is 25.8 Å². The maximum atomic E-state index is 12.5. The molecule has 6 nitrogen and oxygen atoms in total. The second-order valence-electron chi connectivity index (χ2n) is 7.72. The zero-order valence-electron chi connectivity index (χ0n) is 17.5. The molecule has 1 aromatic carbocycles. The number of pyridine rings is 1. The standard InChI is InChI=1S/C24H27N3O3/c1-17-5-7-21(18(2)13-17)29-16-20-6-8-22(30-20)24(28)26-15-19-9-10-25-23(14-19)27-11-3-4-12-27/h5-10,13-14H,3-4,11-12,15-16H2,1-2H3,(H,26,28). The lowest BCUT2D eigenvalue weighted by Gasteiger charge is -2.16. The van der Waals surface area contributed by atoms with Crippen LogP contribution < -0.4 is 15.0 Å². The highest BCUT2D eigenvalue weighted by Gasteiger charge is 2.15. The lowest BCUT2D eigenvalue weighted by atomic mass is 10.1. The van der Waals surface area contributed by atoms with E-state index in [1.807, 2.05) is 38.1 Å². The van der Waals surface area contributed by atoms with Gasteiger partial charge in [-0.15, -0.1) is 0 Å². The fraction of sp³-hybridized carbons (Fsp3) is 0.333. The van der Waals surface area contributed by atoms with Gasteiger partial charge in [0.15, 0.2) is 5.76 Å². The number of aryl methyl sites for hydroxylation is 2. The van der Waals surface area contributed by atoms with Gasteiger partial charge in [-0.2, -0.15) is 0 Å². The molecule has 1 N–H and O–H groups in total. The molecular weight excluding hydrogens is 378 g/mol. The highest BCUT2D eigenvalue weighted by molar-refractivity contribution is 5.91. The number of rotatable bonds is 7. The third-order valence-corrected chi connectivity index (χ3v) is 5.28. The Morgan fingerprint density at radius 2 is 1.97 bits per heavy atom. The summed E-state index contributed by atoms with van der Waals surface area (Å²) in [6.07, 6.45) is 4.21. The van der Waals surface area contributed by atoms with Crippen molar-refractivity contribution in [3.05, 3.63) is 76.9 Å². The molecule has 0 saturated carbocycles. The lowest BCUT2D eigenvalue weighted by molar-refractivity contribution is 0.0919. The van der Waals surface area contributed by atoms with Crippen LogP contribution in [-0.4, -0.2) is 24.0 Å². The molecule has 156 valence electrons. The van der Waals surface area contributed by atoms with E-state index in [0.29, 0.717) is 12.3 Å². The van der Waals surface area contributed by atoms with Crippen LogP contribution in [0.15, 0.2) is 53.1 Å². The average Bonchev–Trinajstić information content (AvgIpc) is 3.44. The van der Waals surface area contributed by atoms with Crippen molar-refractivity contribution in [3.63, 3.8) is 0 Å². The number of carbonyl (C=O) groups is 1. The minimum atomic E-state index is -0.243. The van der Waals surface area contributed by atoms with Gasteiger partial charge >= 0.3 is 0 Å². The van der Waals surface area contributed by atoms with Crippen molar-refractivity contribution >= 4 is 11.7 Å². The van der Waals surface area contributed by atoms with Gasteiger partial charge in [-0.25, -0.2) is 4.98 Å². The number of benzene rings is 1. The van der Waals surface area contributed by atoms with Crippen LogP contribution in [0, 0.1) is 13.8 Å². The van der Waals surface area contributed by atoms with Crippen molar-refractivity contribution in [2.45, 2.75) is 39.8 Å². The van der Waals surface area contributed by atoms with E-state index in [1.165, 1.54) is 18.4 Å². The van der Waals surface area contributed by atoms with Gasteiger partial charge in [-0.05, 0) is 68.1 Å². The minimum absolute atomic E-state index is 0.243. The van der Waals surface area contributed by atoms with Crippen LogP contribution in [-0.2, 0) is 13.2 Å². The molecule has 4 rings (SSSR count). The summed E-state index contributed by atoms with van der Waals surface area (Å²) in [5.74, 6) is 2.44. The smallest absolute Gasteiger partial charge is 0.287 e. The quantitative estimate of drug-likeness (QED) is 0.631. The van der Waals surface area contributed by atoms with Gasteiger partial charge < -0.3 is 19.4 Å². The summed E-state index contributed by atoms with van der Waals surface area (Å²) in [4.78, 5) is 19.2. The van der Waals surface area contributed by atoms with Gasteiger partial charge in [0.25, 0.3) is 5.91 Å². The highest BCUT2D eigenvalue weighted by Crippen LogP contribution is 2.21. The molecule has 3 aromatic rings. The number of anilines is 1. The molecule has 1 saturated heterocycles.